The van der Waals surface area contributed by atoms with Crippen LogP contribution in [0.15, 0.2) is 0 Å². The minimum atomic E-state index is -0.433. The first-order chi connectivity index (χ1) is 6.88. The fraction of sp³-hybridized carbons (Fsp3) is 0.917. The molecule has 0 aromatic heterocycles. The molecule has 0 aliphatic rings. The molecule has 2 atom stereocenters. The zero-order valence-electron chi connectivity index (χ0n) is 10.5. The van der Waals surface area contributed by atoms with Crippen molar-refractivity contribution in [3.8, 4) is 0 Å². The number of aliphatic hydroxyl groups is 1. The van der Waals surface area contributed by atoms with Gasteiger partial charge in [-0.3, -0.25) is 4.79 Å². The molecule has 90 valence electrons. The van der Waals surface area contributed by atoms with E-state index in [1.54, 1.807) is 6.92 Å². The molecule has 0 bridgehead atoms. The minimum absolute atomic E-state index is 0.0271. The zero-order chi connectivity index (χ0) is 12.1. The fourth-order valence-corrected chi connectivity index (χ4v) is 1.34. The van der Waals surface area contributed by atoms with Gasteiger partial charge in [-0.2, -0.15) is 0 Å². The number of Topliss-reactive ketones (excluding diaryl/α,β-unsaturated/α-hetero) is 1. The van der Waals surface area contributed by atoms with Gasteiger partial charge < -0.3 is 9.84 Å². The van der Waals surface area contributed by atoms with Crippen molar-refractivity contribution in [1.82, 2.24) is 0 Å². The van der Waals surface area contributed by atoms with Crippen molar-refractivity contribution in [2.75, 3.05) is 6.61 Å². The van der Waals surface area contributed by atoms with E-state index in [1.807, 2.05) is 27.7 Å². The Morgan fingerprint density at radius 3 is 2.27 bits per heavy atom. The molecule has 2 unspecified atom stereocenters. The number of rotatable bonds is 7. The highest BCUT2D eigenvalue weighted by Crippen LogP contribution is 2.24. The maximum Gasteiger partial charge on any atom is 0.166 e. The largest absolute Gasteiger partial charge is 0.394 e. The van der Waals surface area contributed by atoms with Gasteiger partial charge in [-0.05, 0) is 19.8 Å². The molecule has 0 aliphatic carbocycles. The topological polar surface area (TPSA) is 46.5 Å². The maximum absolute atomic E-state index is 12.0. The second-order valence-electron chi connectivity index (χ2n) is 4.59. The number of aliphatic hydroxyl groups excluding tert-OH is 1. The lowest BCUT2D eigenvalue weighted by Crippen LogP contribution is -2.37. The number of hydrogen-bond acceptors (Lipinski definition) is 3. The van der Waals surface area contributed by atoms with Gasteiger partial charge >= 0.3 is 0 Å². The van der Waals surface area contributed by atoms with Crippen molar-refractivity contribution < 1.29 is 14.6 Å². The molecule has 0 aromatic rings. The molecule has 0 saturated carbocycles. The highest BCUT2D eigenvalue weighted by atomic mass is 16.5. The van der Waals surface area contributed by atoms with E-state index in [-0.39, 0.29) is 23.9 Å². The van der Waals surface area contributed by atoms with E-state index < -0.39 is 6.10 Å². The summed E-state index contributed by atoms with van der Waals surface area (Å²) in [6.07, 6.45) is 0.865. The molecule has 0 fully saturated rings. The van der Waals surface area contributed by atoms with Crippen LogP contribution in [0, 0.1) is 5.41 Å². The SMILES string of the molecule is CCC(CO)OC(C)C(=O)C(C)(C)CC. The second-order valence-corrected chi connectivity index (χ2v) is 4.59. The van der Waals surface area contributed by atoms with E-state index in [1.165, 1.54) is 0 Å². The van der Waals surface area contributed by atoms with Gasteiger partial charge in [0.25, 0.3) is 0 Å². The van der Waals surface area contributed by atoms with E-state index in [4.69, 9.17) is 9.84 Å². The van der Waals surface area contributed by atoms with Gasteiger partial charge in [-0.25, -0.2) is 0 Å². The van der Waals surface area contributed by atoms with Gasteiger partial charge in [0, 0.05) is 5.41 Å². The van der Waals surface area contributed by atoms with Gasteiger partial charge in [-0.1, -0.05) is 27.7 Å². The minimum Gasteiger partial charge on any atom is -0.394 e. The van der Waals surface area contributed by atoms with Gasteiger partial charge in [0.15, 0.2) is 5.78 Å². The molecule has 0 aliphatic heterocycles. The van der Waals surface area contributed by atoms with Crippen molar-refractivity contribution in [1.29, 1.82) is 0 Å². The summed E-state index contributed by atoms with van der Waals surface area (Å²) in [5.41, 5.74) is -0.340. The first-order valence-electron chi connectivity index (χ1n) is 5.69. The van der Waals surface area contributed by atoms with Crippen LogP contribution in [0.3, 0.4) is 0 Å². The van der Waals surface area contributed by atoms with Gasteiger partial charge in [0.1, 0.15) is 6.10 Å². The lowest BCUT2D eigenvalue weighted by Gasteiger charge is -2.27. The number of ketones is 1. The Balaban J connectivity index is 4.32. The summed E-state index contributed by atoms with van der Waals surface area (Å²) in [7, 11) is 0. The van der Waals surface area contributed by atoms with Crippen molar-refractivity contribution in [2.45, 2.75) is 59.7 Å². The van der Waals surface area contributed by atoms with Crippen LogP contribution in [-0.2, 0) is 9.53 Å². The Hall–Kier alpha value is -0.410. The molecular weight excluding hydrogens is 192 g/mol. The summed E-state index contributed by atoms with van der Waals surface area (Å²) in [5.74, 6) is 0.108. The average Bonchev–Trinajstić information content (AvgIpc) is 2.24. The Bertz CT molecular complexity index is 195. The summed E-state index contributed by atoms with van der Waals surface area (Å²) in [6.45, 7) is 9.51. The molecule has 0 rings (SSSR count). The van der Waals surface area contributed by atoms with E-state index in [9.17, 15) is 4.79 Å². The van der Waals surface area contributed by atoms with Crippen LogP contribution in [0.25, 0.3) is 0 Å². The van der Waals surface area contributed by atoms with Crippen LogP contribution in [-0.4, -0.2) is 29.7 Å². The summed E-state index contributed by atoms with van der Waals surface area (Å²) < 4.78 is 5.50. The number of carbonyl (C=O) groups is 1. The quantitative estimate of drug-likeness (QED) is 0.709. The normalized spacial score (nSPS) is 16.1. The van der Waals surface area contributed by atoms with Gasteiger partial charge in [0.05, 0.1) is 12.7 Å². The highest BCUT2D eigenvalue weighted by Gasteiger charge is 2.31. The molecule has 3 heteroatoms. The fourth-order valence-electron chi connectivity index (χ4n) is 1.34. The Morgan fingerprint density at radius 2 is 1.93 bits per heavy atom. The monoisotopic (exact) mass is 216 g/mol. The van der Waals surface area contributed by atoms with Crippen LogP contribution in [0.1, 0.15) is 47.5 Å². The van der Waals surface area contributed by atoms with Gasteiger partial charge in [-0.15, -0.1) is 0 Å². The number of ether oxygens (including phenoxy) is 1. The Kier molecular flexibility index (Phi) is 6.06. The van der Waals surface area contributed by atoms with Crippen molar-refractivity contribution in [2.24, 2.45) is 5.41 Å². The van der Waals surface area contributed by atoms with E-state index >= 15 is 0 Å². The predicted molar refractivity (Wildman–Crippen MR) is 60.8 cm³/mol. The summed E-state index contributed by atoms with van der Waals surface area (Å²) in [4.78, 5) is 12.0. The standard InChI is InChI=1S/C12H24O3/c1-6-10(8-13)15-9(3)11(14)12(4,5)7-2/h9-10,13H,6-8H2,1-5H3. The molecule has 0 amide bonds. The van der Waals surface area contributed by atoms with E-state index in [0.717, 1.165) is 12.8 Å². The van der Waals surface area contributed by atoms with Crippen molar-refractivity contribution in [3.05, 3.63) is 0 Å². The van der Waals surface area contributed by atoms with Crippen LogP contribution < -0.4 is 0 Å². The smallest absolute Gasteiger partial charge is 0.166 e. The van der Waals surface area contributed by atoms with Crippen LogP contribution in [0.4, 0.5) is 0 Å². The summed E-state index contributed by atoms with van der Waals surface area (Å²) >= 11 is 0. The molecular formula is C12H24O3. The molecule has 0 radical (unpaired) electrons. The van der Waals surface area contributed by atoms with Gasteiger partial charge in [0.2, 0.25) is 0 Å². The Labute approximate surface area is 92.8 Å². The number of hydrogen-bond donors (Lipinski definition) is 1. The predicted octanol–water partition coefficient (Wildman–Crippen LogP) is 2.17. The van der Waals surface area contributed by atoms with Crippen LogP contribution in [0.5, 0.6) is 0 Å². The summed E-state index contributed by atoms with van der Waals surface area (Å²) in [6, 6.07) is 0. The Morgan fingerprint density at radius 1 is 1.40 bits per heavy atom. The molecule has 0 spiro atoms. The van der Waals surface area contributed by atoms with E-state index in [2.05, 4.69) is 0 Å². The van der Waals surface area contributed by atoms with Crippen LogP contribution in [0.2, 0.25) is 0 Å². The third kappa shape index (κ3) is 4.31. The molecule has 15 heavy (non-hydrogen) atoms. The third-order valence-electron chi connectivity index (χ3n) is 2.98. The van der Waals surface area contributed by atoms with E-state index in [0.29, 0.717) is 0 Å². The average molecular weight is 216 g/mol. The molecule has 0 aromatic carbocycles. The maximum atomic E-state index is 12.0. The highest BCUT2D eigenvalue weighted by molar-refractivity contribution is 5.87. The third-order valence-corrected chi connectivity index (χ3v) is 2.98. The molecule has 1 N–H and O–H groups in total. The molecule has 0 heterocycles. The van der Waals surface area contributed by atoms with Crippen molar-refractivity contribution in [3.63, 3.8) is 0 Å². The molecule has 0 saturated heterocycles. The first kappa shape index (κ1) is 14.6. The first-order valence-corrected chi connectivity index (χ1v) is 5.69. The lowest BCUT2D eigenvalue weighted by atomic mass is 9.83. The summed E-state index contributed by atoms with van der Waals surface area (Å²) in [5, 5.41) is 8.98. The lowest BCUT2D eigenvalue weighted by molar-refractivity contribution is -0.143. The second kappa shape index (κ2) is 6.23. The molecule has 3 nitrogen and oxygen atoms in total. The van der Waals surface area contributed by atoms with Crippen molar-refractivity contribution >= 4 is 5.78 Å². The number of carbonyl (C=O) groups excluding carboxylic acids is 1. The van der Waals surface area contributed by atoms with Crippen LogP contribution >= 0.6 is 0 Å². The zero-order valence-corrected chi connectivity index (χ0v) is 10.5.